The largest absolute Gasteiger partial charge is 0.493 e. The molecule has 2 rings (SSSR count). The van der Waals surface area contributed by atoms with Crippen molar-refractivity contribution in [3.05, 3.63) is 35.4 Å². The topological polar surface area (TPSA) is 78.8 Å². The Morgan fingerprint density at radius 3 is 3.16 bits per heavy atom. The molecule has 1 aliphatic heterocycles. The van der Waals surface area contributed by atoms with Gasteiger partial charge in [-0.3, -0.25) is 4.79 Å². The molecular weight excluding hydrogens is 246 g/mol. The summed E-state index contributed by atoms with van der Waals surface area (Å²) in [7, 11) is 0. The van der Waals surface area contributed by atoms with E-state index in [9.17, 15) is 4.79 Å². The van der Waals surface area contributed by atoms with E-state index in [0.29, 0.717) is 6.61 Å². The first kappa shape index (κ1) is 13.6. The Bertz CT molecular complexity index is 484. The maximum atomic E-state index is 11.5. The van der Waals surface area contributed by atoms with Crippen LogP contribution >= 0.6 is 0 Å². The van der Waals surface area contributed by atoms with Crippen molar-refractivity contribution in [3.8, 4) is 5.75 Å². The Balaban J connectivity index is 1.89. The van der Waals surface area contributed by atoms with Crippen LogP contribution in [-0.4, -0.2) is 42.0 Å². The molecule has 0 spiro atoms. The predicted molar refractivity (Wildman–Crippen MR) is 70.8 cm³/mol. The summed E-state index contributed by atoms with van der Waals surface area (Å²) in [4.78, 5) is 11.5. The number of nitrogens with one attached hydrogen (secondary N) is 1. The van der Waals surface area contributed by atoms with Crippen LogP contribution in [0.3, 0.4) is 0 Å². The number of fused-ring (bicyclic) bond motifs is 1. The molecule has 1 aliphatic rings. The Labute approximate surface area is 111 Å². The van der Waals surface area contributed by atoms with Gasteiger partial charge in [-0.2, -0.15) is 0 Å². The Morgan fingerprint density at radius 2 is 2.37 bits per heavy atom. The Morgan fingerprint density at radius 1 is 1.53 bits per heavy atom. The van der Waals surface area contributed by atoms with Crippen LogP contribution in [0.25, 0.3) is 6.08 Å². The molecule has 0 radical (unpaired) electrons. The fourth-order valence-corrected chi connectivity index (χ4v) is 1.82. The zero-order valence-corrected chi connectivity index (χ0v) is 10.5. The van der Waals surface area contributed by atoms with Crippen LogP contribution in [0.5, 0.6) is 5.75 Å². The number of benzene rings is 1. The van der Waals surface area contributed by atoms with Gasteiger partial charge in [0.25, 0.3) is 0 Å². The molecule has 0 saturated carbocycles. The maximum Gasteiger partial charge on any atom is 0.244 e. The zero-order chi connectivity index (χ0) is 13.7. The minimum absolute atomic E-state index is 0.0394. The van der Waals surface area contributed by atoms with E-state index < -0.39 is 6.10 Å². The highest BCUT2D eigenvalue weighted by atomic mass is 16.5. The second-order valence-corrected chi connectivity index (χ2v) is 4.38. The monoisotopic (exact) mass is 263 g/mol. The molecular formula is C14H17NO4. The second kappa shape index (κ2) is 6.36. The number of carbonyl (C=O) groups excluding carboxylic acids is 1. The molecule has 1 amide bonds. The molecule has 5 nitrogen and oxygen atoms in total. The van der Waals surface area contributed by atoms with Gasteiger partial charge in [-0.1, -0.05) is 6.07 Å². The lowest BCUT2D eigenvalue weighted by Crippen LogP contribution is -2.32. The van der Waals surface area contributed by atoms with Crippen molar-refractivity contribution >= 4 is 12.0 Å². The van der Waals surface area contributed by atoms with Crippen LogP contribution in [0.15, 0.2) is 24.3 Å². The van der Waals surface area contributed by atoms with E-state index >= 15 is 0 Å². The van der Waals surface area contributed by atoms with Gasteiger partial charge >= 0.3 is 0 Å². The summed E-state index contributed by atoms with van der Waals surface area (Å²) in [5.74, 6) is 0.608. The average molecular weight is 263 g/mol. The number of carbonyl (C=O) groups is 1. The molecule has 1 atom stereocenters. The van der Waals surface area contributed by atoms with Gasteiger partial charge in [0.15, 0.2) is 0 Å². The van der Waals surface area contributed by atoms with Gasteiger partial charge in [0.05, 0.1) is 19.3 Å². The van der Waals surface area contributed by atoms with E-state index in [1.807, 2.05) is 18.2 Å². The van der Waals surface area contributed by atoms with E-state index in [0.717, 1.165) is 23.3 Å². The summed E-state index contributed by atoms with van der Waals surface area (Å²) in [6.07, 6.45) is 3.08. The van der Waals surface area contributed by atoms with Crippen LogP contribution in [0.2, 0.25) is 0 Å². The third-order valence-corrected chi connectivity index (χ3v) is 2.86. The third-order valence-electron chi connectivity index (χ3n) is 2.86. The molecule has 1 unspecified atom stereocenters. The van der Waals surface area contributed by atoms with E-state index in [1.54, 1.807) is 6.08 Å². The highest BCUT2D eigenvalue weighted by Gasteiger charge is 2.11. The highest BCUT2D eigenvalue weighted by molar-refractivity contribution is 5.91. The van der Waals surface area contributed by atoms with E-state index in [2.05, 4.69) is 5.32 Å². The van der Waals surface area contributed by atoms with Crippen LogP contribution in [0.1, 0.15) is 11.1 Å². The van der Waals surface area contributed by atoms with E-state index in [1.165, 1.54) is 6.08 Å². The van der Waals surface area contributed by atoms with Gasteiger partial charge < -0.3 is 20.3 Å². The first-order valence-corrected chi connectivity index (χ1v) is 6.19. The Hall–Kier alpha value is -1.85. The quantitative estimate of drug-likeness (QED) is 0.659. The average Bonchev–Trinajstić information content (AvgIpc) is 2.89. The lowest BCUT2D eigenvalue weighted by Gasteiger charge is -2.06. The maximum absolute atomic E-state index is 11.5. The van der Waals surface area contributed by atoms with Crippen molar-refractivity contribution in [3.63, 3.8) is 0 Å². The molecule has 0 aromatic heterocycles. The Kier molecular flexibility index (Phi) is 4.54. The summed E-state index contributed by atoms with van der Waals surface area (Å²) in [5, 5.41) is 20.2. The number of hydrogen-bond acceptors (Lipinski definition) is 4. The van der Waals surface area contributed by atoms with Crippen LogP contribution in [0, 0.1) is 0 Å². The predicted octanol–water partition coefficient (Wildman–Crippen LogP) is 0.104. The minimum atomic E-state index is -0.922. The summed E-state index contributed by atoms with van der Waals surface area (Å²) in [6.45, 7) is 0.383. The van der Waals surface area contributed by atoms with Crippen LogP contribution < -0.4 is 10.1 Å². The minimum Gasteiger partial charge on any atom is -0.493 e. The van der Waals surface area contributed by atoms with Gasteiger partial charge in [0.1, 0.15) is 5.75 Å². The van der Waals surface area contributed by atoms with Crippen LogP contribution in [-0.2, 0) is 11.2 Å². The summed E-state index contributed by atoms with van der Waals surface area (Å²) in [5.41, 5.74) is 2.08. The van der Waals surface area contributed by atoms with E-state index in [-0.39, 0.29) is 19.1 Å². The standard InChI is InChI=1S/C14H17NO4/c16-9-12(17)8-15-14(18)4-2-10-1-3-13-11(7-10)5-6-19-13/h1-4,7,12,16-17H,5-6,8-9H2,(H,15,18). The van der Waals surface area contributed by atoms with Crippen molar-refractivity contribution < 1.29 is 19.7 Å². The molecule has 19 heavy (non-hydrogen) atoms. The molecule has 5 heteroatoms. The fraction of sp³-hybridized carbons (Fsp3) is 0.357. The first-order valence-electron chi connectivity index (χ1n) is 6.19. The van der Waals surface area contributed by atoms with Crippen molar-refractivity contribution in [2.24, 2.45) is 0 Å². The van der Waals surface area contributed by atoms with Crippen molar-refractivity contribution in [1.29, 1.82) is 0 Å². The number of amides is 1. The summed E-state index contributed by atoms with van der Waals surface area (Å²) in [6, 6.07) is 5.78. The SMILES string of the molecule is O=C(C=Cc1ccc2c(c1)CCO2)NCC(O)CO. The number of ether oxygens (including phenoxy) is 1. The molecule has 1 aromatic rings. The van der Waals surface area contributed by atoms with Crippen molar-refractivity contribution in [2.45, 2.75) is 12.5 Å². The smallest absolute Gasteiger partial charge is 0.244 e. The number of hydrogen-bond donors (Lipinski definition) is 3. The number of aliphatic hydroxyl groups is 2. The van der Waals surface area contributed by atoms with Gasteiger partial charge in [0.2, 0.25) is 5.91 Å². The first-order chi connectivity index (χ1) is 9.19. The zero-order valence-electron chi connectivity index (χ0n) is 10.5. The number of rotatable bonds is 5. The van der Waals surface area contributed by atoms with Crippen molar-refractivity contribution in [2.75, 3.05) is 19.8 Å². The molecule has 0 fully saturated rings. The van der Waals surface area contributed by atoms with E-state index in [4.69, 9.17) is 14.9 Å². The molecule has 0 bridgehead atoms. The lowest BCUT2D eigenvalue weighted by atomic mass is 10.1. The normalized spacial score (nSPS) is 15.1. The molecule has 0 saturated heterocycles. The molecule has 0 aliphatic carbocycles. The summed E-state index contributed by atoms with van der Waals surface area (Å²) >= 11 is 0. The summed E-state index contributed by atoms with van der Waals surface area (Å²) < 4.78 is 5.40. The lowest BCUT2D eigenvalue weighted by molar-refractivity contribution is -0.117. The third kappa shape index (κ3) is 3.81. The van der Waals surface area contributed by atoms with Gasteiger partial charge in [-0.05, 0) is 29.3 Å². The van der Waals surface area contributed by atoms with Crippen molar-refractivity contribution in [1.82, 2.24) is 5.32 Å². The van der Waals surface area contributed by atoms with Gasteiger partial charge in [0, 0.05) is 19.0 Å². The van der Waals surface area contributed by atoms with Crippen LogP contribution in [0.4, 0.5) is 0 Å². The second-order valence-electron chi connectivity index (χ2n) is 4.38. The highest BCUT2D eigenvalue weighted by Crippen LogP contribution is 2.26. The van der Waals surface area contributed by atoms with Gasteiger partial charge in [-0.25, -0.2) is 0 Å². The molecule has 1 heterocycles. The molecule has 3 N–H and O–H groups in total. The fourth-order valence-electron chi connectivity index (χ4n) is 1.82. The molecule has 1 aromatic carbocycles. The molecule has 102 valence electrons. The van der Waals surface area contributed by atoms with Gasteiger partial charge in [-0.15, -0.1) is 0 Å². The number of aliphatic hydroxyl groups excluding tert-OH is 2.